The first-order valence-electron chi connectivity index (χ1n) is 4.17. The molecule has 0 heterocycles. The van der Waals surface area contributed by atoms with Gasteiger partial charge in [-0.3, -0.25) is 0 Å². The number of halogens is 1. The predicted molar refractivity (Wildman–Crippen MR) is 56.9 cm³/mol. The maximum atomic E-state index is 5.75. The zero-order valence-corrected chi connectivity index (χ0v) is 8.36. The van der Waals surface area contributed by atoms with Crippen LogP contribution in [0.5, 0.6) is 0 Å². The van der Waals surface area contributed by atoms with Crippen LogP contribution in [0.3, 0.4) is 0 Å². The summed E-state index contributed by atoms with van der Waals surface area (Å²) in [7, 11) is 1.89. The SMILES string of the molecule is CNCC#CCc1ccc(Cl)cc1. The van der Waals surface area contributed by atoms with E-state index in [-0.39, 0.29) is 0 Å². The average molecular weight is 194 g/mol. The molecule has 0 radical (unpaired) electrons. The molecule has 2 heteroatoms. The van der Waals surface area contributed by atoms with E-state index in [2.05, 4.69) is 17.2 Å². The Bertz CT molecular complexity index is 305. The number of hydrogen-bond acceptors (Lipinski definition) is 1. The van der Waals surface area contributed by atoms with E-state index in [1.54, 1.807) is 0 Å². The second-order valence-corrected chi connectivity index (χ2v) is 3.12. The zero-order chi connectivity index (χ0) is 9.52. The van der Waals surface area contributed by atoms with Gasteiger partial charge in [-0.25, -0.2) is 0 Å². The topological polar surface area (TPSA) is 12.0 Å². The molecule has 0 aliphatic carbocycles. The Balaban J connectivity index is 2.47. The maximum absolute atomic E-state index is 5.75. The Morgan fingerprint density at radius 3 is 2.54 bits per heavy atom. The summed E-state index contributed by atoms with van der Waals surface area (Å²) in [5, 5.41) is 3.74. The van der Waals surface area contributed by atoms with Crippen LogP contribution in [-0.2, 0) is 6.42 Å². The van der Waals surface area contributed by atoms with Crippen molar-refractivity contribution in [2.75, 3.05) is 13.6 Å². The lowest BCUT2D eigenvalue weighted by atomic mass is 10.2. The molecule has 0 bridgehead atoms. The third-order valence-electron chi connectivity index (χ3n) is 1.60. The molecule has 1 rings (SSSR count). The summed E-state index contributed by atoms with van der Waals surface area (Å²) in [5.41, 5.74) is 1.20. The lowest BCUT2D eigenvalue weighted by molar-refractivity contribution is 0.937. The summed E-state index contributed by atoms with van der Waals surface area (Å²) < 4.78 is 0. The van der Waals surface area contributed by atoms with Crippen LogP contribution in [0.25, 0.3) is 0 Å². The van der Waals surface area contributed by atoms with Gasteiger partial charge in [0, 0.05) is 11.4 Å². The molecular formula is C11H12ClN. The van der Waals surface area contributed by atoms with Gasteiger partial charge in [-0.15, -0.1) is 0 Å². The lowest BCUT2D eigenvalue weighted by Gasteiger charge is -1.93. The standard InChI is InChI=1S/C11H12ClN/c1-13-9-3-2-4-10-5-7-11(12)8-6-10/h5-8,13H,4,9H2,1H3. The highest BCUT2D eigenvalue weighted by atomic mass is 35.5. The smallest absolute Gasteiger partial charge is 0.0574 e. The van der Waals surface area contributed by atoms with E-state index in [4.69, 9.17) is 11.6 Å². The van der Waals surface area contributed by atoms with Crippen LogP contribution >= 0.6 is 11.6 Å². The summed E-state index contributed by atoms with van der Waals surface area (Å²) in [6, 6.07) is 7.76. The first-order valence-corrected chi connectivity index (χ1v) is 4.55. The van der Waals surface area contributed by atoms with Crippen LogP contribution in [0.1, 0.15) is 5.56 Å². The monoisotopic (exact) mass is 193 g/mol. The fraction of sp³-hybridized carbons (Fsp3) is 0.273. The van der Waals surface area contributed by atoms with Gasteiger partial charge in [0.2, 0.25) is 0 Å². The molecule has 0 saturated heterocycles. The van der Waals surface area contributed by atoms with E-state index in [1.807, 2.05) is 31.3 Å². The normalized spacial score (nSPS) is 9.08. The van der Waals surface area contributed by atoms with Gasteiger partial charge in [-0.05, 0) is 24.7 Å². The van der Waals surface area contributed by atoms with Crippen LogP contribution in [0.2, 0.25) is 5.02 Å². The molecule has 0 aromatic heterocycles. The Kier molecular flexibility index (Phi) is 4.39. The van der Waals surface area contributed by atoms with Crippen molar-refractivity contribution in [3.05, 3.63) is 34.9 Å². The molecule has 0 unspecified atom stereocenters. The third-order valence-corrected chi connectivity index (χ3v) is 1.85. The number of benzene rings is 1. The number of rotatable bonds is 2. The van der Waals surface area contributed by atoms with E-state index in [1.165, 1.54) is 5.56 Å². The highest BCUT2D eigenvalue weighted by molar-refractivity contribution is 6.30. The second-order valence-electron chi connectivity index (χ2n) is 2.69. The summed E-state index contributed by atoms with van der Waals surface area (Å²) >= 11 is 5.75. The van der Waals surface area contributed by atoms with Crippen LogP contribution in [0.15, 0.2) is 24.3 Å². The highest BCUT2D eigenvalue weighted by Crippen LogP contribution is 2.09. The van der Waals surface area contributed by atoms with Crippen molar-refractivity contribution in [3.63, 3.8) is 0 Å². The van der Waals surface area contributed by atoms with Crippen molar-refractivity contribution in [3.8, 4) is 11.8 Å². The molecule has 0 aliphatic heterocycles. The average Bonchev–Trinajstić information content (AvgIpc) is 2.15. The molecule has 0 saturated carbocycles. The fourth-order valence-corrected chi connectivity index (χ4v) is 1.04. The lowest BCUT2D eigenvalue weighted by Crippen LogP contribution is -2.04. The molecule has 0 spiro atoms. The summed E-state index contributed by atoms with van der Waals surface area (Å²) in [6.45, 7) is 0.744. The maximum Gasteiger partial charge on any atom is 0.0574 e. The van der Waals surface area contributed by atoms with Crippen molar-refractivity contribution in [1.29, 1.82) is 0 Å². The van der Waals surface area contributed by atoms with Gasteiger partial charge in [0.15, 0.2) is 0 Å². The van der Waals surface area contributed by atoms with Crippen LogP contribution in [0.4, 0.5) is 0 Å². The van der Waals surface area contributed by atoms with Gasteiger partial charge in [-0.1, -0.05) is 35.6 Å². The van der Waals surface area contributed by atoms with Crippen molar-refractivity contribution in [1.82, 2.24) is 5.32 Å². The van der Waals surface area contributed by atoms with E-state index < -0.39 is 0 Å². The Morgan fingerprint density at radius 2 is 1.92 bits per heavy atom. The summed E-state index contributed by atoms with van der Waals surface area (Å²) in [4.78, 5) is 0. The van der Waals surface area contributed by atoms with Crippen molar-refractivity contribution in [2.45, 2.75) is 6.42 Å². The molecule has 68 valence electrons. The van der Waals surface area contributed by atoms with Crippen LogP contribution in [-0.4, -0.2) is 13.6 Å². The minimum absolute atomic E-state index is 0.744. The van der Waals surface area contributed by atoms with E-state index in [0.717, 1.165) is 18.0 Å². The summed E-state index contributed by atoms with van der Waals surface area (Å²) in [5.74, 6) is 6.07. The molecular weight excluding hydrogens is 182 g/mol. The molecule has 0 amide bonds. The minimum atomic E-state index is 0.744. The largest absolute Gasteiger partial charge is 0.309 e. The van der Waals surface area contributed by atoms with Gasteiger partial charge in [0.1, 0.15) is 0 Å². The van der Waals surface area contributed by atoms with Crippen LogP contribution in [0, 0.1) is 11.8 Å². The molecule has 0 aliphatic rings. The summed E-state index contributed by atoms with van der Waals surface area (Å²) in [6.07, 6.45) is 0.791. The molecule has 1 N–H and O–H groups in total. The van der Waals surface area contributed by atoms with Gasteiger partial charge in [0.25, 0.3) is 0 Å². The van der Waals surface area contributed by atoms with Crippen molar-refractivity contribution in [2.24, 2.45) is 0 Å². The molecule has 0 fully saturated rings. The Morgan fingerprint density at radius 1 is 1.23 bits per heavy atom. The predicted octanol–water partition coefficient (Wildman–Crippen LogP) is 2.11. The number of hydrogen-bond donors (Lipinski definition) is 1. The number of nitrogens with one attached hydrogen (secondary N) is 1. The first kappa shape index (κ1) is 10.1. The van der Waals surface area contributed by atoms with Gasteiger partial charge in [0.05, 0.1) is 6.54 Å². The van der Waals surface area contributed by atoms with Gasteiger partial charge in [-0.2, -0.15) is 0 Å². The van der Waals surface area contributed by atoms with Crippen molar-refractivity contribution < 1.29 is 0 Å². The van der Waals surface area contributed by atoms with Gasteiger partial charge < -0.3 is 5.32 Å². The Hall–Kier alpha value is -0.970. The quantitative estimate of drug-likeness (QED) is 0.710. The molecule has 0 atom stereocenters. The molecule has 13 heavy (non-hydrogen) atoms. The molecule has 1 aromatic rings. The molecule has 1 aromatic carbocycles. The van der Waals surface area contributed by atoms with E-state index >= 15 is 0 Å². The zero-order valence-electron chi connectivity index (χ0n) is 7.60. The fourth-order valence-electron chi connectivity index (χ4n) is 0.918. The Labute approximate surface area is 84.1 Å². The third kappa shape index (κ3) is 3.98. The van der Waals surface area contributed by atoms with E-state index in [0.29, 0.717) is 0 Å². The highest BCUT2D eigenvalue weighted by Gasteiger charge is 1.88. The van der Waals surface area contributed by atoms with Crippen LogP contribution < -0.4 is 5.32 Å². The van der Waals surface area contributed by atoms with Crippen molar-refractivity contribution >= 4 is 11.6 Å². The second kappa shape index (κ2) is 5.64. The van der Waals surface area contributed by atoms with E-state index in [9.17, 15) is 0 Å². The molecule has 1 nitrogen and oxygen atoms in total. The minimum Gasteiger partial charge on any atom is -0.309 e. The van der Waals surface area contributed by atoms with Gasteiger partial charge >= 0.3 is 0 Å². The first-order chi connectivity index (χ1) is 6.33.